The SMILES string of the molecule is CC(CNC(=O)N1CC=CCC1)C(=O)O. The molecule has 0 spiro atoms. The van der Waals surface area contributed by atoms with Crippen LogP contribution >= 0.6 is 0 Å². The smallest absolute Gasteiger partial charge is 0.317 e. The molecule has 1 unspecified atom stereocenters. The molecule has 5 nitrogen and oxygen atoms in total. The summed E-state index contributed by atoms with van der Waals surface area (Å²) in [6.45, 7) is 3.05. The van der Waals surface area contributed by atoms with E-state index in [0.717, 1.165) is 6.42 Å². The molecule has 1 heterocycles. The summed E-state index contributed by atoms with van der Waals surface area (Å²) in [5.41, 5.74) is 0. The first kappa shape index (κ1) is 11.6. The number of rotatable bonds is 3. The van der Waals surface area contributed by atoms with Crippen LogP contribution in [-0.4, -0.2) is 41.6 Å². The van der Waals surface area contributed by atoms with Crippen molar-refractivity contribution in [2.75, 3.05) is 19.6 Å². The van der Waals surface area contributed by atoms with Crippen molar-refractivity contribution in [3.63, 3.8) is 0 Å². The van der Waals surface area contributed by atoms with E-state index in [1.807, 2.05) is 12.2 Å². The third-order valence-electron chi connectivity index (χ3n) is 2.33. The Morgan fingerprint density at radius 2 is 2.27 bits per heavy atom. The van der Waals surface area contributed by atoms with Crippen LogP contribution < -0.4 is 5.32 Å². The molecule has 84 valence electrons. The Hall–Kier alpha value is -1.52. The number of hydrogen-bond acceptors (Lipinski definition) is 2. The molecule has 0 radical (unpaired) electrons. The van der Waals surface area contributed by atoms with E-state index < -0.39 is 11.9 Å². The average Bonchev–Trinajstić information content (AvgIpc) is 2.26. The third kappa shape index (κ3) is 3.61. The summed E-state index contributed by atoms with van der Waals surface area (Å²) in [5, 5.41) is 11.2. The molecule has 1 atom stereocenters. The first-order valence-corrected chi connectivity index (χ1v) is 5.02. The molecule has 0 aliphatic carbocycles. The molecule has 0 aromatic rings. The van der Waals surface area contributed by atoms with Crippen LogP contribution in [0, 0.1) is 5.92 Å². The molecular weight excluding hydrogens is 196 g/mol. The van der Waals surface area contributed by atoms with Gasteiger partial charge in [-0.15, -0.1) is 0 Å². The average molecular weight is 212 g/mol. The molecule has 1 aliphatic rings. The fraction of sp³-hybridized carbons (Fsp3) is 0.600. The van der Waals surface area contributed by atoms with Gasteiger partial charge in [0.05, 0.1) is 5.92 Å². The monoisotopic (exact) mass is 212 g/mol. The van der Waals surface area contributed by atoms with Crippen molar-refractivity contribution in [1.82, 2.24) is 10.2 Å². The fourth-order valence-electron chi connectivity index (χ4n) is 1.27. The van der Waals surface area contributed by atoms with Crippen molar-refractivity contribution in [2.45, 2.75) is 13.3 Å². The zero-order valence-electron chi connectivity index (χ0n) is 8.77. The lowest BCUT2D eigenvalue weighted by atomic mass is 10.2. The van der Waals surface area contributed by atoms with Gasteiger partial charge in [0.25, 0.3) is 0 Å². The maximum absolute atomic E-state index is 11.5. The normalized spacial score (nSPS) is 17.3. The number of urea groups is 1. The van der Waals surface area contributed by atoms with Crippen molar-refractivity contribution >= 4 is 12.0 Å². The van der Waals surface area contributed by atoms with Gasteiger partial charge >= 0.3 is 12.0 Å². The highest BCUT2D eigenvalue weighted by Crippen LogP contribution is 2.01. The van der Waals surface area contributed by atoms with Gasteiger partial charge in [-0.2, -0.15) is 0 Å². The quantitative estimate of drug-likeness (QED) is 0.676. The Balaban J connectivity index is 2.29. The van der Waals surface area contributed by atoms with E-state index in [2.05, 4.69) is 5.32 Å². The lowest BCUT2D eigenvalue weighted by molar-refractivity contribution is -0.140. The van der Waals surface area contributed by atoms with Crippen LogP contribution in [0.4, 0.5) is 4.79 Å². The number of aliphatic carboxylic acids is 1. The topological polar surface area (TPSA) is 69.6 Å². The zero-order chi connectivity index (χ0) is 11.3. The van der Waals surface area contributed by atoms with Crippen LogP contribution in [0.1, 0.15) is 13.3 Å². The first-order chi connectivity index (χ1) is 7.11. The van der Waals surface area contributed by atoms with Gasteiger partial charge in [-0.05, 0) is 6.42 Å². The Bertz CT molecular complexity index is 276. The molecule has 1 aliphatic heterocycles. The molecule has 0 fully saturated rings. The predicted octanol–water partition coefficient (Wildman–Crippen LogP) is 0.679. The van der Waals surface area contributed by atoms with Crippen LogP contribution in [0.2, 0.25) is 0 Å². The molecular formula is C10H16N2O3. The van der Waals surface area contributed by atoms with Gasteiger partial charge in [-0.25, -0.2) is 4.79 Å². The third-order valence-corrected chi connectivity index (χ3v) is 2.33. The number of carbonyl (C=O) groups excluding carboxylic acids is 1. The minimum Gasteiger partial charge on any atom is -0.481 e. The Labute approximate surface area is 88.8 Å². The molecule has 2 N–H and O–H groups in total. The van der Waals surface area contributed by atoms with Crippen molar-refractivity contribution in [1.29, 1.82) is 0 Å². The Morgan fingerprint density at radius 1 is 1.53 bits per heavy atom. The van der Waals surface area contributed by atoms with Crippen LogP contribution in [0.5, 0.6) is 0 Å². The summed E-state index contributed by atoms with van der Waals surface area (Å²) in [6, 6.07) is -0.188. The number of carbonyl (C=O) groups is 2. The lowest BCUT2D eigenvalue weighted by Gasteiger charge is -2.24. The molecule has 2 amide bonds. The summed E-state index contributed by atoms with van der Waals surface area (Å²) in [5.74, 6) is -1.44. The van der Waals surface area contributed by atoms with Crippen molar-refractivity contribution in [3.05, 3.63) is 12.2 Å². The fourth-order valence-corrected chi connectivity index (χ4v) is 1.27. The van der Waals surface area contributed by atoms with Gasteiger partial charge in [0.15, 0.2) is 0 Å². The minimum absolute atomic E-state index is 0.175. The van der Waals surface area contributed by atoms with Crippen LogP contribution in [-0.2, 0) is 4.79 Å². The van der Waals surface area contributed by atoms with Crippen LogP contribution in [0.3, 0.4) is 0 Å². The maximum atomic E-state index is 11.5. The summed E-state index contributed by atoms with van der Waals surface area (Å²) >= 11 is 0. The highest BCUT2D eigenvalue weighted by atomic mass is 16.4. The minimum atomic E-state index is -0.895. The van der Waals surface area contributed by atoms with Crippen LogP contribution in [0.15, 0.2) is 12.2 Å². The van der Waals surface area contributed by atoms with E-state index in [4.69, 9.17) is 5.11 Å². The molecule has 15 heavy (non-hydrogen) atoms. The molecule has 0 aromatic carbocycles. The van der Waals surface area contributed by atoms with Gasteiger partial charge < -0.3 is 15.3 Å². The van der Waals surface area contributed by atoms with E-state index >= 15 is 0 Å². The summed E-state index contributed by atoms with van der Waals surface area (Å²) in [4.78, 5) is 23.7. The van der Waals surface area contributed by atoms with E-state index in [1.54, 1.807) is 11.8 Å². The Morgan fingerprint density at radius 3 is 2.80 bits per heavy atom. The number of nitrogens with one attached hydrogen (secondary N) is 1. The van der Waals surface area contributed by atoms with Gasteiger partial charge in [0.2, 0.25) is 0 Å². The van der Waals surface area contributed by atoms with Gasteiger partial charge in [0, 0.05) is 19.6 Å². The molecule has 5 heteroatoms. The van der Waals surface area contributed by atoms with Crippen molar-refractivity contribution in [2.24, 2.45) is 5.92 Å². The van der Waals surface area contributed by atoms with Gasteiger partial charge in [-0.1, -0.05) is 19.1 Å². The highest BCUT2D eigenvalue weighted by Gasteiger charge is 2.16. The predicted molar refractivity (Wildman–Crippen MR) is 55.5 cm³/mol. The van der Waals surface area contributed by atoms with Gasteiger partial charge in [0.1, 0.15) is 0 Å². The second-order valence-electron chi connectivity index (χ2n) is 3.63. The van der Waals surface area contributed by atoms with E-state index in [0.29, 0.717) is 13.1 Å². The zero-order valence-corrected chi connectivity index (χ0v) is 8.77. The molecule has 0 bridgehead atoms. The number of nitrogens with zero attached hydrogens (tertiary/aromatic N) is 1. The summed E-state index contributed by atoms with van der Waals surface area (Å²) in [7, 11) is 0. The molecule has 0 saturated heterocycles. The number of hydrogen-bond donors (Lipinski definition) is 2. The number of carboxylic acid groups (broad SMARTS) is 1. The Kier molecular flexibility index (Phi) is 4.15. The molecule has 0 aromatic heterocycles. The summed E-state index contributed by atoms with van der Waals surface area (Å²) in [6.07, 6.45) is 4.83. The van der Waals surface area contributed by atoms with Crippen molar-refractivity contribution in [3.8, 4) is 0 Å². The lowest BCUT2D eigenvalue weighted by Crippen LogP contribution is -2.43. The number of amides is 2. The van der Waals surface area contributed by atoms with E-state index in [-0.39, 0.29) is 12.6 Å². The van der Waals surface area contributed by atoms with Gasteiger partial charge in [-0.3, -0.25) is 4.79 Å². The van der Waals surface area contributed by atoms with Crippen LogP contribution in [0.25, 0.3) is 0 Å². The second-order valence-corrected chi connectivity index (χ2v) is 3.63. The van der Waals surface area contributed by atoms with E-state index in [9.17, 15) is 9.59 Å². The highest BCUT2D eigenvalue weighted by molar-refractivity contribution is 5.76. The standard InChI is InChI=1S/C10H16N2O3/c1-8(9(13)14)7-11-10(15)12-5-3-2-4-6-12/h2-3,8H,4-7H2,1H3,(H,11,15)(H,13,14). The molecule has 0 saturated carbocycles. The van der Waals surface area contributed by atoms with E-state index in [1.165, 1.54) is 0 Å². The largest absolute Gasteiger partial charge is 0.481 e. The first-order valence-electron chi connectivity index (χ1n) is 5.02. The second kappa shape index (κ2) is 5.38. The molecule has 1 rings (SSSR count). The van der Waals surface area contributed by atoms with Crippen molar-refractivity contribution < 1.29 is 14.7 Å². The summed E-state index contributed by atoms with van der Waals surface area (Å²) < 4.78 is 0. The number of carboxylic acids is 1. The maximum Gasteiger partial charge on any atom is 0.317 e.